The number of amides is 2. The van der Waals surface area contributed by atoms with Crippen molar-refractivity contribution >= 4 is 18.0 Å². The summed E-state index contributed by atoms with van der Waals surface area (Å²) in [6.07, 6.45) is 1.96. The van der Waals surface area contributed by atoms with Crippen LogP contribution in [0.2, 0.25) is 0 Å². The van der Waals surface area contributed by atoms with E-state index in [0.29, 0.717) is 6.54 Å². The van der Waals surface area contributed by atoms with Crippen LogP contribution in [0.1, 0.15) is 19.4 Å². The maximum Gasteiger partial charge on any atom is 0.331 e. The van der Waals surface area contributed by atoms with Crippen molar-refractivity contribution in [2.75, 3.05) is 13.7 Å². The molecule has 1 rings (SSSR count). The molecule has 0 aliphatic carbocycles. The van der Waals surface area contributed by atoms with Crippen LogP contribution < -0.4 is 10.6 Å². The number of ether oxygens (including phenoxy) is 2. The van der Waals surface area contributed by atoms with E-state index >= 15 is 0 Å². The van der Waals surface area contributed by atoms with Gasteiger partial charge in [0, 0.05) is 18.7 Å². The first-order valence-corrected chi connectivity index (χ1v) is 7.93. The summed E-state index contributed by atoms with van der Waals surface area (Å²) in [6.45, 7) is 4.21. The van der Waals surface area contributed by atoms with Gasteiger partial charge >= 0.3 is 18.0 Å². The van der Waals surface area contributed by atoms with E-state index in [4.69, 9.17) is 4.74 Å². The van der Waals surface area contributed by atoms with Gasteiger partial charge in [0.1, 0.15) is 6.61 Å². The van der Waals surface area contributed by atoms with Gasteiger partial charge in [-0.2, -0.15) is 0 Å². The zero-order chi connectivity index (χ0) is 18.7. The topological polar surface area (TPSA) is 93.7 Å². The predicted molar refractivity (Wildman–Crippen MR) is 92.6 cm³/mol. The van der Waals surface area contributed by atoms with Crippen molar-refractivity contribution in [1.82, 2.24) is 10.6 Å². The Morgan fingerprint density at radius 1 is 1.08 bits per heavy atom. The zero-order valence-electron chi connectivity index (χ0n) is 14.7. The first kappa shape index (κ1) is 20.2. The molecule has 1 aromatic rings. The summed E-state index contributed by atoms with van der Waals surface area (Å²) in [5.41, 5.74) is 0.984. The molecule has 0 spiro atoms. The molecule has 1 aromatic carbocycles. The highest BCUT2D eigenvalue weighted by Gasteiger charge is 2.17. The summed E-state index contributed by atoms with van der Waals surface area (Å²) in [5, 5.41) is 5.53. The average Bonchev–Trinajstić information content (AvgIpc) is 2.61. The first-order valence-electron chi connectivity index (χ1n) is 7.93. The van der Waals surface area contributed by atoms with Gasteiger partial charge in [0.15, 0.2) is 0 Å². The fourth-order valence-corrected chi connectivity index (χ4v) is 1.82. The van der Waals surface area contributed by atoms with Crippen LogP contribution in [0.25, 0.3) is 0 Å². The van der Waals surface area contributed by atoms with Crippen molar-refractivity contribution in [3.8, 4) is 0 Å². The monoisotopic (exact) mass is 348 g/mol. The molecular weight excluding hydrogens is 324 g/mol. The second kappa shape index (κ2) is 10.9. The fraction of sp³-hybridized carbons (Fsp3) is 0.389. The highest BCUT2D eigenvalue weighted by molar-refractivity contribution is 5.91. The van der Waals surface area contributed by atoms with Crippen molar-refractivity contribution in [2.45, 2.75) is 26.4 Å². The Balaban J connectivity index is 2.42. The van der Waals surface area contributed by atoms with Gasteiger partial charge in [-0.05, 0) is 11.5 Å². The number of hydrogen-bond donors (Lipinski definition) is 2. The Labute approximate surface area is 147 Å². The minimum Gasteiger partial charge on any atom is -0.466 e. The van der Waals surface area contributed by atoms with Crippen LogP contribution in [0.15, 0.2) is 42.5 Å². The molecule has 0 saturated heterocycles. The Morgan fingerprint density at radius 2 is 1.72 bits per heavy atom. The van der Waals surface area contributed by atoms with Crippen LogP contribution in [0.5, 0.6) is 0 Å². The number of carbonyl (C=O) groups excluding carboxylic acids is 3. The molecule has 0 aromatic heterocycles. The quantitative estimate of drug-likeness (QED) is 0.552. The second-order valence-electron chi connectivity index (χ2n) is 5.65. The predicted octanol–water partition coefficient (Wildman–Crippen LogP) is 1.78. The third-order valence-electron chi connectivity index (χ3n) is 3.38. The fourth-order valence-electron chi connectivity index (χ4n) is 1.82. The van der Waals surface area contributed by atoms with Crippen LogP contribution in [-0.4, -0.2) is 37.7 Å². The molecule has 1 atom stereocenters. The molecule has 0 bridgehead atoms. The lowest BCUT2D eigenvalue weighted by Crippen LogP contribution is -2.46. The largest absolute Gasteiger partial charge is 0.466 e. The van der Waals surface area contributed by atoms with Crippen molar-refractivity contribution in [2.24, 2.45) is 5.92 Å². The van der Waals surface area contributed by atoms with Gasteiger partial charge in [0.2, 0.25) is 0 Å². The highest BCUT2D eigenvalue weighted by Crippen LogP contribution is 2.03. The summed E-state index contributed by atoms with van der Waals surface area (Å²) in [5.74, 6) is -1.27. The summed E-state index contributed by atoms with van der Waals surface area (Å²) in [6, 6.07) is 8.82. The van der Waals surface area contributed by atoms with Gasteiger partial charge in [0.05, 0.1) is 13.2 Å². The van der Waals surface area contributed by atoms with E-state index in [1.54, 1.807) is 0 Å². The van der Waals surface area contributed by atoms with Gasteiger partial charge in [-0.3, -0.25) is 0 Å². The van der Waals surface area contributed by atoms with E-state index in [9.17, 15) is 14.4 Å². The lowest BCUT2D eigenvalue weighted by Gasteiger charge is -2.22. The SMILES string of the molecule is COC(=O)/C=C/C(=O)OC[C@H](NC(=O)NCc1ccccc1)C(C)C. The molecule has 0 unspecified atom stereocenters. The lowest BCUT2D eigenvalue weighted by molar-refractivity contribution is -0.140. The smallest absolute Gasteiger partial charge is 0.331 e. The van der Waals surface area contributed by atoms with Gasteiger partial charge in [-0.15, -0.1) is 0 Å². The van der Waals surface area contributed by atoms with Gasteiger partial charge < -0.3 is 20.1 Å². The lowest BCUT2D eigenvalue weighted by atomic mass is 10.1. The number of benzene rings is 1. The van der Waals surface area contributed by atoms with E-state index in [1.165, 1.54) is 7.11 Å². The molecule has 0 saturated carbocycles. The van der Waals surface area contributed by atoms with Crippen LogP contribution in [0.4, 0.5) is 4.79 Å². The van der Waals surface area contributed by atoms with E-state index < -0.39 is 11.9 Å². The average molecular weight is 348 g/mol. The minimum absolute atomic E-state index is 0.000763. The molecule has 7 heteroatoms. The maximum absolute atomic E-state index is 12.0. The molecule has 25 heavy (non-hydrogen) atoms. The molecule has 2 N–H and O–H groups in total. The molecule has 0 radical (unpaired) electrons. The Hall–Kier alpha value is -2.83. The van der Waals surface area contributed by atoms with Crippen molar-refractivity contribution in [3.05, 3.63) is 48.0 Å². The number of methoxy groups -OCH3 is 1. The summed E-state index contributed by atoms with van der Waals surface area (Å²) < 4.78 is 9.43. The van der Waals surface area contributed by atoms with Crippen molar-refractivity contribution in [1.29, 1.82) is 0 Å². The summed E-state index contributed by atoms with van der Waals surface area (Å²) in [7, 11) is 1.21. The summed E-state index contributed by atoms with van der Waals surface area (Å²) >= 11 is 0. The molecule has 0 fully saturated rings. The van der Waals surface area contributed by atoms with E-state index in [0.717, 1.165) is 17.7 Å². The third kappa shape index (κ3) is 8.55. The van der Waals surface area contributed by atoms with E-state index in [-0.39, 0.29) is 24.6 Å². The Kier molecular flexibility index (Phi) is 8.78. The molecular formula is C18H24N2O5. The molecule has 0 aliphatic rings. The zero-order valence-corrected chi connectivity index (χ0v) is 14.7. The number of carbonyl (C=O) groups is 3. The normalized spacial score (nSPS) is 11.8. The Morgan fingerprint density at radius 3 is 2.32 bits per heavy atom. The minimum atomic E-state index is -0.678. The molecule has 0 aliphatic heterocycles. The number of hydrogen-bond acceptors (Lipinski definition) is 5. The number of nitrogens with one attached hydrogen (secondary N) is 2. The van der Waals surface area contributed by atoms with E-state index in [1.807, 2.05) is 44.2 Å². The van der Waals surface area contributed by atoms with Gasteiger partial charge in [0.25, 0.3) is 0 Å². The number of urea groups is 1. The molecule has 0 heterocycles. The van der Waals surface area contributed by atoms with Crippen LogP contribution in [0.3, 0.4) is 0 Å². The third-order valence-corrected chi connectivity index (χ3v) is 3.38. The molecule has 7 nitrogen and oxygen atoms in total. The number of rotatable bonds is 8. The van der Waals surface area contributed by atoms with Crippen LogP contribution in [-0.2, 0) is 25.6 Å². The maximum atomic E-state index is 12.0. The standard InChI is InChI=1S/C18H24N2O5/c1-13(2)15(12-25-17(22)10-9-16(21)24-3)20-18(23)19-11-14-7-5-4-6-8-14/h4-10,13,15H,11-12H2,1-3H3,(H2,19,20,23)/b10-9+/t15-/m0/s1. The second-order valence-corrected chi connectivity index (χ2v) is 5.65. The number of esters is 2. The van der Waals surface area contributed by atoms with Crippen molar-refractivity contribution in [3.63, 3.8) is 0 Å². The van der Waals surface area contributed by atoms with Crippen LogP contribution in [0, 0.1) is 5.92 Å². The summed E-state index contributed by atoms with van der Waals surface area (Å²) in [4.78, 5) is 34.4. The highest BCUT2D eigenvalue weighted by atomic mass is 16.5. The molecule has 136 valence electrons. The van der Waals surface area contributed by atoms with Gasteiger partial charge in [-0.25, -0.2) is 14.4 Å². The Bertz CT molecular complexity index is 599. The van der Waals surface area contributed by atoms with Crippen molar-refractivity contribution < 1.29 is 23.9 Å². The molecule has 2 amide bonds. The first-order chi connectivity index (χ1) is 11.9. The van der Waals surface area contributed by atoms with Gasteiger partial charge in [-0.1, -0.05) is 44.2 Å². The van der Waals surface area contributed by atoms with E-state index in [2.05, 4.69) is 15.4 Å². The van der Waals surface area contributed by atoms with Crippen LogP contribution >= 0.6 is 0 Å².